The van der Waals surface area contributed by atoms with Crippen LogP contribution in [0.1, 0.15) is 25.5 Å². The minimum absolute atomic E-state index is 0.288. The molecule has 2 nitrogen and oxygen atoms in total. The molecule has 0 radical (unpaired) electrons. The monoisotopic (exact) mass is 239 g/mol. The molecule has 3 heteroatoms. The largest absolute Gasteiger partial charge is 0.508 e. The van der Waals surface area contributed by atoms with Crippen LogP contribution in [0.25, 0.3) is 0 Å². The Labute approximate surface area is 102 Å². The van der Waals surface area contributed by atoms with Crippen molar-refractivity contribution < 1.29 is 5.11 Å². The molecule has 2 N–H and O–H groups in total. The number of nitrogens with one attached hydrogen (secondary N) is 1. The maximum absolute atomic E-state index is 9.39. The van der Waals surface area contributed by atoms with Crippen molar-refractivity contribution in [3.8, 4) is 5.75 Å². The molecule has 0 amide bonds. The van der Waals surface area contributed by atoms with Gasteiger partial charge in [-0.2, -0.15) is 11.8 Å². The molecule has 1 aromatic carbocycles. The first-order chi connectivity index (χ1) is 7.63. The Morgan fingerprint density at radius 2 is 2.12 bits per heavy atom. The fourth-order valence-electron chi connectivity index (χ4n) is 1.63. The van der Waals surface area contributed by atoms with Gasteiger partial charge in [0.2, 0.25) is 0 Å². The topological polar surface area (TPSA) is 32.3 Å². The van der Waals surface area contributed by atoms with Crippen molar-refractivity contribution in [3.63, 3.8) is 0 Å². The lowest BCUT2D eigenvalue weighted by atomic mass is 10.1. The fourth-order valence-corrected chi connectivity index (χ4v) is 2.32. The van der Waals surface area contributed by atoms with Crippen LogP contribution in [0, 0.1) is 5.92 Å². The zero-order valence-electron chi connectivity index (χ0n) is 10.2. The van der Waals surface area contributed by atoms with Gasteiger partial charge in [0.15, 0.2) is 0 Å². The molecule has 1 aromatic rings. The highest BCUT2D eigenvalue weighted by Crippen LogP contribution is 2.18. The summed E-state index contributed by atoms with van der Waals surface area (Å²) in [6.45, 7) is 5.39. The lowest BCUT2D eigenvalue weighted by molar-refractivity contribution is 0.469. The predicted octanol–water partition coefficient (Wildman–Crippen LogP) is 3.04. The molecular formula is C13H21NOS. The molecule has 0 bridgehead atoms. The van der Waals surface area contributed by atoms with Crippen LogP contribution in [-0.2, 0) is 0 Å². The van der Waals surface area contributed by atoms with E-state index in [0.717, 1.165) is 12.1 Å². The van der Waals surface area contributed by atoms with Crippen LogP contribution >= 0.6 is 11.8 Å². The summed E-state index contributed by atoms with van der Waals surface area (Å²) >= 11 is 1.88. The first kappa shape index (κ1) is 13.4. The highest BCUT2D eigenvalue weighted by molar-refractivity contribution is 7.98. The first-order valence-electron chi connectivity index (χ1n) is 5.64. The summed E-state index contributed by atoms with van der Waals surface area (Å²) in [5, 5.41) is 12.9. The minimum atomic E-state index is 0.288. The van der Waals surface area contributed by atoms with Crippen molar-refractivity contribution in [3.05, 3.63) is 29.8 Å². The summed E-state index contributed by atoms with van der Waals surface area (Å²) < 4.78 is 0. The van der Waals surface area contributed by atoms with Crippen LogP contribution in [0.15, 0.2) is 24.3 Å². The van der Waals surface area contributed by atoms with Gasteiger partial charge in [-0.15, -0.1) is 0 Å². The van der Waals surface area contributed by atoms with Gasteiger partial charge in [-0.3, -0.25) is 0 Å². The van der Waals surface area contributed by atoms with Crippen molar-refractivity contribution in [2.45, 2.75) is 19.9 Å². The third-order valence-electron chi connectivity index (χ3n) is 2.59. The first-order valence-corrected chi connectivity index (χ1v) is 7.04. The molecule has 2 atom stereocenters. The van der Waals surface area contributed by atoms with E-state index >= 15 is 0 Å². The number of aromatic hydroxyl groups is 1. The van der Waals surface area contributed by atoms with Crippen molar-refractivity contribution >= 4 is 11.8 Å². The molecule has 0 aliphatic heterocycles. The van der Waals surface area contributed by atoms with Crippen molar-refractivity contribution in [1.29, 1.82) is 0 Å². The number of rotatable bonds is 6. The highest BCUT2D eigenvalue weighted by atomic mass is 32.2. The number of benzene rings is 1. The SMILES string of the molecule is CSCC(C)CNC(C)c1cccc(O)c1. The zero-order valence-corrected chi connectivity index (χ0v) is 11.1. The molecule has 90 valence electrons. The molecular weight excluding hydrogens is 218 g/mol. The average Bonchev–Trinajstić information content (AvgIpc) is 2.26. The van der Waals surface area contributed by atoms with E-state index in [-0.39, 0.29) is 6.04 Å². The number of thioether (sulfide) groups is 1. The van der Waals surface area contributed by atoms with Gasteiger partial charge in [0, 0.05) is 6.04 Å². The molecule has 16 heavy (non-hydrogen) atoms. The molecule has 0 aliphatic rings. The lowest BCUT2D eigenvalue weighted by Gasteiger charge is -2.17. The molecule has 0 fully saturated rings. The Kier molecular flexibility index (Phi) is 5.71. The lowest BCUT2D eigenvalue weighted by Crippen LogP contribution is -2.25. The molecule has 0 aromatic heterocycles. The van der Waals surface area contributed by atoms with Gasteiger partial charge in [0.1, 0.15) is 5.75 Å². The molecule has 1 rings (SSSR count). The van der Waals surface area contributed by atoms with Crippen LogP contribution < -0.4 is 5.32 Å². The van der Waals surface area contributed by atoms with E-state index in [4.69, 9.17) is 0 Å². The van der Waals surface area contributed by atoms with Gasteiger partial charge in [0.05, 0.1) is 0 Å². The molecule has 0 spiro atoms. The summed E-state index contributed by atoms with van der Waals surface area (Å²) in [4.78, 5) is 0. The van der Waals surface area contributed by atoms with Crippen LogP contribution in [0.3, 0.4) is 0 Å². The number of hydrogen-bond acceptors (Lipinski definition) is 3. The van der Waals surface area contributed by atoms with E-state index in [1.807, 2.05) is 30.0 Å². The van der Waals surface area contributed by atoms with Crippen molar-refractivity contribution in [2.24, 2.45) is 5.92 Å². The number of hydrogen-bond donors (Lipinski definition) is 2. The summed E-state index contributed by atoms with van der Waals surface area (Å²) in [7, 11) is 0. The van der Waals surface area contributed by atoms with E-state index in [2.05, 4.69) is 25.4 Å². The maximum atomic E-state index is 9.39. The molecule has 0 aliphatic carbocycles. The van der Waals surface area contributed by atoms with Crippen LogP contribution in [0.4, 0.5) is 0 Å². The number of phenols is 1. The third kappa shape index (κ3) is 4.45. The Morgan fingerprint density at radius 3 is 2.75 bits per heavy atom. The average molecular weight is 239 g/mol. The van der Waals surface area contributed by atoms with Gasteiger partial charge in [-0.05, 0) is 49.1 Å². The van der Waals surface area contributed by atoms with Crippen LogP contribution in [0.5, 0.6) is 5.75 Å². The van der Waals surface area contributed by atoms with Gasteiger partial charge >= 0.3 is 0 Å². The second-order valence-electron chi connectivity index (χ2n) is 4.29. The summed E-state index contributed by atoms with van der Waals surface area (Å²) in [5.41, 5.74) is 1.14. The van der Waals surface area contributed by atoms with E-state index in [0.29, 0.717) is 11.7 Å². The van der Waals surface area contributed by atoms with E-state index in [1.165, 1.54) is 5.75 Å². The van der Waals surface area contributed by atoms with E-state index in [9.17, 15) is 5.11 Å². The normalized spacial score (nSPS) is 14.7. The summed E-state index contributed by atoms with van der Waals surface area (Å²) in [6.07, 6.45) is 2.13. The molecule has 2 unspecified atom stereocenters. The third-order valence-corrected chi connectivity index (χ3v) is 3.50. The second-order valence-corrected chi connectivity index (χ2v) is 5.20. The standard InChI is InChI=1S/C13H21NOS/c1-10(9-16-3)8-14-11(2)12-5-4-6-13(15)7-12/h4-7,10-11,14-15H,8-9H2,1-3H3. The molecule has 0 saturated heterocycles. The maximum Gasteiger partial charge on any atom is 0.115 e. The predicted molar refractivity (Wildman–Crippen MR) is 72.1 cm³/mol. The smallest absolute Gasteiger partial charge is 0.115 e. The second kappa shape index (κ2) is 6.81. The van der Waals surface area contributed by atoms with Crippen molar-refractivity contribution in [2.75, 3.05) is 18.6 Å². The quantitative estimate of drug-likeness (QED) is 0.800. The number of phenolic OH excluding ortho intramolecular Hbond substituents is 1. The Hall–Kier alpha value is -0.670. The van der Waals surface area contributed by atoms with Crippen LogP contribution in [0.2, 0.25) is 0 Å². The van der Waals surface area contributed by atoms with Crippen molar-refractivity contribution in [1.82, 2.24) is 5.32 Å². The zero-order chi connectivity index (χ0) is 12.0. The Balaban J connectivity index is 2.43. The summed E-state index contributed by atoms with van der Waals surface area (Å²) in [5.74, 6) is 2.19. The highest BCUT2D eigenvalue weighted by Gasteiger charge is 2.07. The van der Waals surface area contributed by atoms with Gasteiger partial charge < -0.3 is 10.4 Å². The summed E-state index contributed by atoms with van der Waals surface area (Å²) in [6, 6.07) is 7.73. The van der Waals surface area contributed by atoms with Gasteiger partial charge in [-0.25, -0.2) is 0 Å². The van der Waals surface area contributed by atoms with Gasteiger partial charge in [0.25, 0.3) is 0 Å². The van der Waals surface area contributed by atoms with E-state index in [1.54, 1.807) is 6.07 Å². The minimum Gasteiger partial charge on any atom is -0.508 e. The van der Waals surface area contributed by atoms with Gasteiger partial charge in [-0.1, -0.05) is 19.1 Å². The molecule has 0 heterocycles. The Bertz CT molecular complexity index is 317. The van der Waals surface area contributed by atoms with E-state index < -0.39 is 0 Å². The van der Waals surface area contributed by atoms with Crippen LogP contribution in [-0.4, -0.2) is 23.7 Å². The molecule has 0 saturated carbocycles. The Morgan fingerprint density at radius 1 is 1.38 bits per heavy atom. The fraction of sp³-hybridized carbons (Fsp3) is 0.538.